The predicted octanol–water partition coefficient (Wildman–Crippen LogP) is 1.19. The van der Waals surface area contributed by atoms with Crippen LogP contribution in [0.4, 0.5) is 0 Å². The highest BCUT2D eigenvalue weighted by molar-refractivity contribution is 8.14. The molecule has 112 valence electrons. The Balaban J connectivity index is 2.41. The van der Waals surface area contributed by atoms with Crippen molar-refractivity contribution < 1.29 is 14.4 Å². The second-order valence-electron chi connectivity index (χ2n) is 4.75. The summed E-state index contributed by atoms with van der Waals surface area (Å²) in [5, 5.41) is 2.72. The van der Waals surface area contributed by atoms with Gasteiger partial charge in [-0.1, -0.05) is 50.8 Å². The minimum absolute atomic E-state index is 0.00588. The quantitative estimate of drug-likeness (QED) is 0.519. The number of hydrogen-bond acceptors (Lipinski definition) is 4. The Hall–Kier alpha value is -1.37. The fourth-order valence-corrected chi connectivity index (χ4v) is 2.53. The largest absolute Gasteiger partial charge is 0.369 e. The normalized spacial score (nSPS) is 18.6. The van der Waals surface area contributed by atoms with Gasteiger partial charge in [0.25, 0.3) is 5.91 Å². The Morgan fingerprint density at radius 3 is 2.60 bits per heavy atom. The molecule has 3 N–H and O–H groups in total. The molecule has 3 amide bonds. The molecule has 0 fully saturated rings. The summed E-state index contributed by atoms with van der Waals surface area (Å²) in [7, 11) is 0. The molecule has 0 aromatic rings. The Morgan fingerprint density at radius 1 is 1.30 bits per heavy atom. The highest BCUT2D eigenvalue weighted by atomic mass is 32.2. The van der Waals surface area contributed by atoms with Gasteiger partial charge < -0.3 is 11.1 Å². The molecular formula is C13H21N3O3S. The molecule has 0 aromatic heterocycles. The number of hydrogen-bond donors (Lipinski definition) is 2. The van der Waals surface area contributed by atoms with Crippen molar-refractivity contribution in [3.63, 3.8) is 0 Å². The van der Waals surface area contributed by atoms with E-state index in [0.717, 1.165) is 37.4 Å². The van der Waals surface area contributed by atoms with E-state index in [0.29, 0.717) is 6.42 Å². The molecular weight excluding hydrogens is 278 g/mol. The second kappa shape index (κ2) is 8.73. The number of rotatable bonds is 8. The standard InChI is InChI=1S/C13H21N3O3S/c1-2-3-4-5-6-7-9-11(18)15-13(16-12(9)19)20-8-10(14)17/h9H,2-8H2,1H3,(H2,14,17)(H,15,16,18,19). The lowest BCUT2D eigenvalue weighted by Gasteiger charge is -2.19. The van der Waals surface area contributed by atoms with E-state index in [1.54, 1.807) is 0 Å². The zero-order valence-corrected chi connectivity index (χ0v) is 12.5. The molecule has 6 nitrogen and oxygen atoms in total. The van der Waals surface area contributed by atoms with Crippen LogP contribution in [0.25, 0.3) is 0 Å². The van der Waals surface area contributed by atoms with E-state index in [9.17, 15) is 14.4 Å². The predicted molar refractivity (Wildman–Crippen MR) is 79.1 cm³/mol. The van der Waals surface area contributed by atoms with E-state index in [-0.39, 0.29) is 16.8 Å². The highest BCUT2D eigenvalue weighted by Crippen LogP contribution is 2.18. The van der Waals surface area contributed by atoms with Crippen LogP contribution in [0.3, 0.4) is 0 Å². The molecule has 20 heavy (non-hydrogen) atoms. The molecule has 0 aromatic carbocycles. The van der Waals surface area contributed by atoms with Crippen LogP contribution in [-0.2, 0) is 14.4 Å². The van der Waals surface area contributed by atoms with Gasteiger partial charge in [-0.2, -0.15) is 4.99 Å². The van der Waals surface area contributed by atoms with Gasteiger partial charge >= 0.3 is 0 Å². The van der Waals surface area contributed by atoms with Crippen molar-refractivity contribution >= 4 is 34.7 Å². The van der Waals surface area contributed by atoms with Gasteiger partial charge in [-0.15, -0.1) is 0 Å². The zero-order valence-electron chi connectivity index (χ0n) is 11.7. The van der Waals surface area contributed by atoms with E-state index >= 15 is 0 Å². The summed E-state index contributed by atoms with van der Waals surface area (Å²) in [5.74, 6) is -1.95. The number of nitrogens with zero attached hydrogens (tertiary/aromatic N) is 1. The number of thioether (sulfide) groups is 1. The summed E-state index contributed by atoms with van der Waals surface area (Å²) in [6.45, 7) is 2.14. The van der Waals surface area contributed by atoms with Crippen LogP contribution in [0.1, 0.15) is 45.4 Å². The monoisotopic (exact) mass is 299 g/mol. The van der Waals surface area contributed by atoms with Crippen LogP contribution in [0.2, 0.25) is 0 Å². The van der Waals surface area contributed by atoms with E-state index in [2.05, 4.69) is 17.2 Å². The third kappa shape index (κ3) is 5.73. The van der Waals surface area contributed by atoms with Gasteiger partial charge in [0.2, 0.25) is 11.8 Å². The topological polar surface area (TPSA) is 102 Å². The number of primary amides is 1. The van der Waals surface area contributed by atoms with Crippen LogP contribution in [-0.4, -0.2) is 28.6 Å². The fourth-order valence-electron chi connectivity index (χ4n) is 1.93. The van der Waals surface area contributed by atoms with Gasteiger partial charge in [0, 0.05) is 0 Å². The van der Waals surface area contributed by atoms with Crippen LogP contribution in [0.15, 0.2) is 4.99 Å². The Bertz CT molecular complexity index is 410. The summed E-state index contributed by atoms with van der Waals surface area (Å²) < 4.78 is 0. The van der Waals surface area contributed by atoms with E-state index in [1.807, 2.05) is 0 Å². The number of carbonyl (C=O) groups is 3. The zero-order chi connectivity index (χ0) is 15.0. The molecule has 1 aliphatic heterocycles. The van der Waals surface area contributed by atoms with Crippen molar-refractivity contribution in [1.29, 1.82) is 0 Å². The SMILES string of the molecule is CCCCCCCC1C(=O)N=C(SCC(N)=O)NC1=O. The van der Waals surface area contributed by atoms with Crippen molar-refractivity contribution in [2.24, 2.45) is 16.6 Å². The van der Waals surface area contributed by atoms with Crippen LogP contribution < -0.4 is 11.1 Å². The molecule has 0 saturated carbocycles. The summed E-state index contributed by atoms with van der Waals surface area (Å²) in [4.78, 5) is 38.1. The molecule has 0 bridgehead atoms. The summed E-state index contributed by atoms with van der Waals surface area (Å²) in [6, 6.07) is 0. The summed E-state index contributed by atoms with van der Waals surface area (Å²) in [6.07, 6.45) is 5.87. The van der Waals surface area contributed by atoms with Gasteiger partial charge in [0.15, 0.2) is 5.17 Å². The van der Waals surface area contributed by atoms with Crippen LogP contribution in [0, 0.1) is 5.92 Å². The van der Waals surface area contributed by atoms with Crippen molar-refractivity contribution in [3.05, 3.63) is 0 Å². The minimum atomic E-state index is -0.686. The van der Waals surface area contributed by atoms with E-state index in [1.165, 1.54) is 6.42 Å². The van der Waals surface area contributed by atoms with Crippen LogP contribution >= 0.6 is 11.8 Å². The fraction of sp³-hybridized carbons (Fsp3) is 0.692. The maximum absolute atomic E-state index is 11.8. The first-order valence-corrected chi connectivity index (χ1v) is 7.87. The molecule has 1 rings (SSSR count). The smallest absolute Gasteiger partial charge is 0.260 e. The van der Waals surface area contributed by atoms with Crippen LogP contribution in [0.5, 0.6) is 0 Å². The molecule has 0 radical (unpaired) electrons. The maximum Gasteiger partial charge on any atom is 0.260 e. The molecule has 1 aliphatic rings. The average molecular weight is 299 g/mol. The summed E-state index contributed by atoms with van der Waals surface area (Å²) >= 11 is 0.973. The van der Waals surface area contributed by atoms with Crippen molar-refractivity contribution in [3.8, 4) is 0 Å². The highest BCUT2D eigenvalue weighted by Gasteiger charge is 2.31. The number of amides is 3. The number of nitrogens with two attached hydrogens (primary N) is 1. The number of amidine groups is 1. The third-order valence-electron chi connectivity index (χ3n) is 3.00. The Kier molecular flexibility index (Phi) is 7.28. The van der Waals surface area contributed by atoms with Crippen molar-refractivity contribution in [2.45, 2.75) is 45.4 Å². The summed E-state index contributed by atoms with van der Waals surface area (Å²) in [5.41, 5.74) is 5.00. The lowest BCUT2D eigenvalue weighted by Crippen LogP contribution is -2.43. The molecule has 1 atom stereocenters. The number of carbonyl (C=O) groups excluding carboxylic acids is 3. The van der Waals surface area contributed by atoms with Crippen molar-refractivity contribution in [2.75, 3.05) is 5.75 Å². The maximum atomic E-state index is 11.8. The molecule has 0 saturated heterocycles. The Labute approximate surface area is 123 Å². The van der Waals surface area contributed by atoms with Gasteiger partial charge in [0.1, 0.15) is 5.92 Å². The number of aliphatic imine (C=N–C) groups is 1. The lowest BCUT2D eigenvalue weighted by molar-refractivity contribution is -0.133. The second-order valence-corrected chi connectivity index (χ2v) is 5.72. The lowest BCUT2D eigenvalue weighted by atomic mass is 9.98. The van der Waals surface area contributed by atoms with Gasteiger partial charge in [0.05, 0.1) is 5.75 Å². The van der Waals surface area contributed by atoms with E-state index in [4.69, 9.17) is 5.73 Å². The molecule has 0 aliphatic carbocycles. The molecule has 7 heteroatoms. The molecule has 0 spiro atoms. The van der Waals surface area contributed by atoms with Gasteiger partial charge in [-0.05, 0) is 6.42 Å². The number of unbranched alkanes of at least 4 members (excludes halogenated alkanes) is 4. The Morgan fingerprint density at radius 2 is 2.00 bits per heavy atom. The first kappa shape index (κ1) is 16.7. The van der Waals surface area contributed by atoms with Gasteiger partial charge in [-0.25, -0.2) is 0 Å². The number of nitrogens with one attached hydrogen (secondary N) is 1. The molecule has 1 heterocycles. The first-order valence-electron chi connectivity index (χ1n) is 6.89. The van der Waals surface area contributed by atoms with Gasteiger partial charge in [-0.3, -0.25) is 14.4 Å². The first-order chi connectivity index (χ1) is 9.54. The van der Waals surface area contributed by atoms with E-state index < -0.39 is 17.7 Å². The minimum Gasteiger partial charge on any atom is -0.369 e. The molecule has 1 unspecified atom stereocenters. The third-order valence-corrected chi connectivity index (χ3v) is 3.90. The van der Waals surface area contributed by atoms with Crippen molar-refractivity contribution in [1.82, 2.24) is 5.32 Å². The average Bonchev–Trinajstić information content (AvgIpc) is 2.38.